The van der Waals surface area contributed by atoms with Gasteiger partial charge in [-0.25, -0.2) is 18.0 Å². The third kappa shape index (κ3) is 3.87. The van der Waals surface area contributed by atoms with Crippen LogP contribution in [0.15, 0.2) is 71.3 Å². The Labute approximate surface area is 172 Å². The second-order valence-corrected chi connectivity index (χ2v) is 8.09. The third-order valence-electron chi connectivity index (χ3n) is 4.11. The van der Waals surface area contributed by atoms with Crippen molar-refractivity contribution in [3.8, 4) is 0 Å². The number of hydrogen-bond donors (Lipinski definition) is 0. The van der Waals surface area contributed by atoms with Gasteiger partial charge < -0.3 is 4.74 Å². The lowest BCUT2D eigenvalue weighted by atomic mass is 10.2. The van der Waals surface area contributed by atoms with E-state index in [1.54, 1.807) is 30.3 Å². The molecular weight excluding hydrogens is 420 g/mol. The summed E-state index contributed by atoms with van der Waals surface area (Å²) in [5, 5.41) is 0.302. The Morgan fingerprint density at radius 1 is 1.07 bits per heavy atom. The van der Waals surface area contributed by atoms with Gasteiger partial charge in [0, 0.05) is 5.02 Å². The molecular formula is C19H15ClN2O6S. The molecule has 8 nitrogen and oxygen atoms in total. The SMILES string of the molecule is COC(=O)/C=C1/C(=O)N(Cc2ccccc2Cl)C(=O)N1S(=O)(=O)c1ccccc1. The minimum Gasteiger partial charge on any atom is -0.466 e. The first-order valence-electron chi connectivity index (χ1n) is 8.26. The highest BCUT2D eigenvalue weighted by molar-refractivity contribution is 7.89. The second-order valence-electron chi connectivity index (χ2n) is 5.90. The molecule has 1 saturated heterocycles. The molecule has 0 aliphatic carbocycles. The van der Waals surface area contributed by atoms with Crippen LogP contribution in [0.2, 0.25) is 5.02 Å². The molecule has 0 aromatic heterocycles. The first-order chi connectivity index (χ1) is 13.8. The number of esters is 1. The molecule has 0 saturated carbocycles. The molecule has 3 amide bonds. The zero-order valence-corrected chi connectivity index (χ0v) is 16.7. The number of methoxy groups -OCH3 is 1. The molecule has 2 aromatic carbocycles. The highest BCUT2D eigenvalue weighted by Crippen LogP contribution is 2.31. The van der Waals surface area contributed by atoms with Crippen molar-refractivity contribution in [3.05, 3.63) is 77.0 Å². The molecule has 10 heteroatoms. The van der Waals surface area contributed by atoms with Crippen molar-refractivity contribution in [2.75, 3.05) is 7.11 Å². The van der Waals surface area contributed by atoms with Gasteiger partial charge in [-0.1, -0.05) is 48.0 Å². The smallest absolute Gasteiger partial charge is 0.346 e. The van der Waals surface area contributed by atoms with E-state index < -0.39 is 33.6 Å². The monoisotopic (exact) mass is 434 g/mol. The molecule has 1 aliphatic rings. The van der Waals surface area contributed by atoms with Crippen LogP contribution in [0, 0.1) is 0 Å². The summed E-state index contributed by atoms with van der Waals surface area (Å²) in [6.07, 6.45) is 0.674. The maximum Gasteiger partial charge on any atom is 0.346 e. The van der Waals surface area contributed by atoms with E-state index in [1.807, 2.05) is 0 Å². The predicted molar refractivity (Wildman–Crippen MR) is 103 cm³/mol. The molecule has 0 spiro atoms. The molecule has 1 heterocycles. The zero-order valence-electron chi connectivity index (χ0n) is 15.1. The Bertz CT molecular complexity index is 1110. The molecule has 150 valence electrons. The molecule has 3 rings (SSSR count). The van der Waals surface area contributed by atoms with Gasteiger partial charge >= 0.3 is 12.0 Å². The van der Waals surface area contributed by atoms with E-state index in [9.17, 15) is 22.8 Å². The van der Waals surface area contributed by atoms with E-state index in [0.717, 1.165) is 7.11 Å². The summed E-state index contributed by atoms with van der Waals surface area (Å²) in [7, 11) is -3.38. The van der Waals surface area contributed by atoms with Crippen LogP contribution in [-0.4, -0.2) is 42.6 Å². The Balaban J connectivity index is 2.09. The largest absolute Gasteiger partial charge is 0.466 e. The van der Waals surface area contributed by atoms with E-state index in [2.05, 4.69) is 4.74 Å². The number of rotatable bonds is 5. The fourth-order valence-corrected chi connectivity index (χ4v) is 4.28. The number of nitrogens with zero attached hydrogens (tertiary/aromatic N) is 2. The van der Waals surface area contributed by atoms with Crippen LogP contribution < -0.4 is 0 Å². The van der Waals surface area contributed by atoms with Crippen molar-refractivity contribution in [1.82, 2.24) is 9.21 Å². The molecule has 0 radical (unpaired) electrons. The maximum atomic E-state index is 13.0. The Morgan fingerprint density at radius 3 is 2.31 bits per heavy atom. The number of imide groups is 1. The Morgan fingerprint density at radius 2 is 1.69 bits per heavy atom. The van der Waals surface area contributed by atoms with Gasteiger partial charge in [0.25, 0.3) is 15.9 Å². The van der Waals surface area contributed by atoms with E-state index in [1.165, 1.54) is 24.3 Å². The summed E-state index contributed by atoms with van der Waals surface area (Å²) in [5.41, 5.74) is -0.190. The second kappa shape index (κ2) is 8.06. The predicted octanol–water partition coefficient (Wildman–Crippen LogP) is 2.55. The fourth-order valence-electron chi connectivity index (χ4n) is 2.68. The maximum absolute atomic E-state index is 13.0. The molecule has 0 bridgehead atoms. The summed E-state index contributed by atoms with van der Waals surface area (Å²) in [6, 6.07) is 12.5. The first-order valence-corrected chi connectivity index (χ1v) is 10.1. The highest BCUT2D eigenvalue weighted by Gasteiger charge is 2.48. The molecule has 0 N–H and O–H groups in total. The Kier molecular flexibility index (Phi) is 5.71. The standard InChI is InChI=1S/C19H15ClN2O6S/c1-28-17(23)11-16-18(24)21(12-13-7-5-6-10-15(13)20)19(25)22(16)29(26,27)14-8-3-2-4-9-14/h2-11H,12H2,1H3/b16-11-. The summed E-state index contributed by atoms with van der Waals surface area (Å²) in [4.78, 5) is 38.0. The van der Waals surface area contributed by atoms with Crippen molar-refractivity contribution in [1.29, 1.82) is 0 Å². The number of hydrogen-bond acceptors (Lipinski definition) is 6. The number of amides is 3. The summed E-state index contributed by atoms with van der Waals surface area (Å²) < 4.78 is 30.9. The number of carbonyl (C=O) groups excluding carboxylic acids is 3. The van der Waals surface area contributed by atoms with E-state index >= 15 is 0 Å². The van der Waals surface area contributed by atoms with Crippen LogP contribution in [0.5, 0.6) is 0 Å². The molecule has 0 unspecified atom stereocenters. The van der Waals surface area contributed by atoms with Crippen LogP contribution in [0.1, 0.15) is 5.56 Å². The van der Waals surface area contributed by atoms with Crippen LogP contribution in [0.25, 0.3) is 0 Å². The highest BCUT2D eigenvalue weighted by atomic mass is 35.5. The average Bonchev–Trinajstić information content (AvgIpc) is 2.94. The van der Waals surface area contributed by atoms with Crippen LogP contribution in [-0.2, 0) is 30.9 Å². The fraction of sp³-hybridized carbons (Fsp3) is 0.105. The van der Waals surface area contributed by atoms with Gasteiger partial charge in [0.2, 0.25) is 0 Å². The number of halogens is 1. The van der Waals surface area contributed by atoms with Gasteiger partial charge in [-0.05, 0) is 23.8 Å². The minimum absolute atomic E-state index is 0.212. The number of sulfonamides is 1. The normalized spacial score (nSPS) is 15.9. The number of urea groups is 1. The molecule has 1 aliphatic heterocycles. The first kappa shape index (κ1) is 20.6. The average molecular weight is 435 g/mol. The van der Waals surface area contributed by atoms with Gasteiger partial charge in [0.15, 0.2) is 0 Å². The lowest BCUT2D eigenvalue weighted by Gasteiger charge is -2.17. The molecule has 29 heavy (non-hydrogen) atoms. The number of carbonyl (C=O) groups is 3. The van der Waals surface area contributed by atoms with Crippen molar-refractivity contribution in [3.63, 3.8) is 0 Å². The third-order valence-corrected chi connectivity index (χ3v) is 6.18. The molecule has 1 fully saturated rings. The number of ether oxygens (including phenoxy) is 1. The summed E-state index contributed by atoms with van der Waals surface area (Å²) in [6.45, 7) is -0.267. The van der Waals surface area contributed by atoms with Crippen LogP contribution >= 0.6 is 11.6 Å². The van der Waals surface area contributed by atoms with Gasteiger partial charge in [0.1, 0.15) is 5.70 Å². The Hall–Kier alpha value is -3.17. The van der Waals surface area contributed by atoms with Gasteiger partial charge in [-0.15, -0.1) is 0 Å². The van der Waals surface area contributed by atoms with Crippen LogP contribution in [0.4, 0.5) is 4.79 Å². The van der Waals surface area contributed by atoms with Crippen molar-refractivity contribution >= 4 is 39.5 Å². The summed E-state index contributed by atoms with van der Waals surface area (Å²) >= 11 is 6.09. The lowest BCUT2D eigenvalue weighted by molar-refractivity contribution is -0.135. The topological polar surface area (TPSA) is 101 Å². The lowest BCUT2D eigenvalue weighted by Crippen LogP contribution is -2.36. The quantitative estimate of drug-likeness (QED) is 0.407. The van der Waals surface area contributed by atoms with E-state index in [4.69, 9.17) is 11.6 Å². The molecule has 2 aromatic rings. The van der Waals surface area contributed by atoms with Crippen molar-refractivity contribution in [2.45, 2.75) is 11.4 Å². The minimum atomic E-state index is -4.45. The van der Waals surface area contributed by atoms with Crippen molar-refractivity contribution < 1.29 is 27.5 Å². The summed E-state index contributed by atoms with van der Waals surface area (Å²) in [5.74, 6) is -1.94. The van der Waals surface area contributed by atoms with Gasteiger partial charge in [-0.2, -0.15) is 4.31 Å². The van der Waals surface area contributed by atoms with Crippen LogP contribution in [0.3, 0.4) is 0 Å². The number of benzene rings is 2. The zero-order chi connectivity index (χ0) is 21.2. The van der Waals surface area contributed by atoms with Gasteiger partial charge in [0.05, 0.1) is 24.6 Å². The molecule has 0 atom stereocenters. The van der Waals surface area contributed by atoms with Gasteiger partial charge in [-0.3, -0.25) is 9.69 Å². The van der Waals surface area contributed by atoms with E-state index in [-0.39, 0.29) is 11.4 Å². The van der Waals surface area contributed by atoms with Crippen molar-refractivity contribution in [2.24, 2.45) is 0 Å². The van der Waals surface area contributed by atoms with E-state index in [0.29, 0.717) is 25.9 Å².